The van der Waals surface area contributed by atoms with Crippen LogP contribution in [0.3, 0.4) is 0 Å². The summed E-state index contributed by atoms with van der Waals surface area (Å²) in [6.07, 6.45) is 2.58. The van der Waals surface area contributed by atoms with Crippen molar-refractivity contribution in [1.29, 1.82) is 10.0 Å². The number of benzene rings is 3. The van der Waals surface area contributed by atoms with Crippen molar-refractivity contribution in [2.24, 2.45) is 0 Å². The molecule has 1 aromatic heterocycles. The molecule has 1 amide bonds. The Morgan fingerprint density at radius 3 is 2.63 bits per heavy atom. The molecule has 1 aliphatic rings. The monoisotopic (exact) mass is 483 g/mol. The number of carbonyl (C=O) groups is 1. The van der Waals surface area contributed by atoms with Gasteiger partial charge >= 0.3 is 0 Å². The van der Waals surface area contributed by atoms with Gasteiger partial charge in [-0.05, 0) is 59.2 Å². The fourth-order valence-corrected chi connectivity index (χ4v) is 5.64. The van der Waals surface area contributed by atoms with E-state index in [2.05, 4.69) is 28.5 Å². The van der Waals surface area contributed by atoms with Crippen molar-refractivity contribution in [2.75, 3.05) is 36.5 Å². The van der Waals surface area contributed by atoms with Crippen LogP contribution >= 0.6 is 0 Å². The van der Waals surface area contributed by atoms with Crippen molar-refractivity contribution in [3.05, 3.63) is 83.6 Å². The quantitative estimate of drug-likeness (QED) is 0.437. The van der Waals surface area contributed by atoms with Crippen LogP contribution in [0.2, 0.25) is 0 Å². The van der Waals surface area contributed by atoms with Gasteiger partial charge in [0.2, 0.25) is 0 Å². The molecule has 176 valence electrons. The summed E-state index contributed by atoms with van der Waals surface area (Å²) >= 11 is 0. The van der Waals surface area contributed by atoms with Crippen molar-refractivity contribution in [3.8, 4) is 6.07 Å². The van der Waals surface area contributed by atoms with E-state index in [1.807, 2.05) is 42.5 Å². The molecule has 0 bridgehead atoms. The fraction of sp³-hybridized carbons (Fsp3) is 0.222. The van der Waals surface area contributed by atoms with Gasteiger partial charge in [-0.25, -0.2) is 4.21 Å². The summed E-state index contributed by atoms with van der Waals surface area (Å²) in [6.45, 7) is 1.47. The van der Waals surface area contributed by atoms with Crippen LogP contribution in [0, 0.1) is 16.1 Å². The highest BCUT2D eigenvalue weighted by Gasteiger charge is 2.23. The van der Waals surface area contributed by atoms with E-state index in [0.29, 0.717) is 24.2 Å². The van der Waals surface area contributed by atoms with E-state index in [4.69, 9.17) is 4.78 Å². The summed E-state index contributed by atoms with van der Waals surface area (Å²) in [6, 6.07) is 21.6. The van der Waals surface area contributed by atoms with Crippen LogP contribution in [-0.4, -0.2) is 51.1 Å². The largest absolute Gasteiger partial charge is 0.384 e. The van der Waals surface area contributed by atoms with Gasteiger partial charge in [-0.15, -0.1) is 0 Å². The molecule has 1 aliphatic heterocycles. The van der Waals surface area contributed by atoms with Gasteiger partial charge in [0, 0.05) is 63.7 Å². The number of rotatable bonds is 5. The minimum Gasteiger partial charge on any atom is -0.384 e. The van der Waals surface area contributed by atoms with Crippen LogP contribution in [0.15, 0.2) is 66.9 Å². The first-order valence-electron chi connectivity index (χ1n) is 11.5. The van der Waals surface area contributed by atoms with Crippen molar-refractivity contribution >= 4 is 43.0 Å². The summed E-state index contributed by atoms with van der Waals surface area (Å²) < 4.78 is 19.6. The smallest absolute Gasteiger partial charge is 0.253 e. The Labute approximate surface area is 204 Å². The number of pyridine rings is 1. The average molecular weight is 484 g/mol. The molecule has 1 saturated heterocycles. The van der Waals surface area contributed by atoms with Gasteiger partial charge in [0.15, 0.2) is 0 Å². The number of amides is 1. The lowest BCUT2D eigenvalue weighted by Gasteiger charge is -2.28. The SMILES string of the molecule is N#Cc1ccc2nccc(NCCc3ccc4cc(C(=O)N5CCS(=N)(=O)CC5)ccc4c3)c2c1. The number of hydrogen-bond donors (Lipinski definition) is 2. The molecule has 0 spiro atoms. The maximum absolute atomic E-state index is 12.9. The highest BCUT2D eigenvalue weighted by molar-refractivity contribution is 7.92. The van der Waals surface area contributed by atoms with Crippen LogP contribution in [0.5, 0.6) is 0 Å². The van der Waals surface area contributed by atoms with Gasteiger partial charge in [0.1, 0.15) is 0 Å². The first-order chi connectivity index (χ1) is 16.9. The maximum atomic E-state index is 12.9. The van der Waals surface area contributed by atoms with Gasteiger partial charge in [-0.2, -0.15) is 5.26 Å². The third kappa shape index (κ3) is 4.96. The number of fused-ring (bicyclic) bond motifs is 2. The van der Waals surface area contributed by atoms with E-state index < -0.39 is 9.73 Å². The zero-order valence-corrected chi connectivity index (χ0v) is 20.0. The van der Waals surface area contributed by atoms with Crippen molar-refractivity contribution in [2.45, 2.75) is 6.42 Å². The summed E-state index contributed by atoms with van der Waals surface area (Å²) in [5.74, 6) is 0.427. The van der Waals surface area contributed by atoms with Gasteiger partial charge < -0.3 is 10.2 Å². The van der Waals surface area contributed by atoms with E-state index in [1.165, 1.54) is 5.56 Å². The second kappa shape index (κ2) is 9.35. The predicted octanol–water partition coefficient (Wildman–Crippen LogP) is 4.42. The molecule has 0 aliphatic carbocycles. The lowest BCUT2D eigenvalue weighted by Crippen LogP contribution is -2.43. The highest BCUT2D eigenvalue weighted by atomic mass is 32.2. The van der Waals surface area contributed by atoms with Crippen LogP contribution in [0.4, 0.5) is 5.69 Å². The molecule has 0 unspecified atom stereocenters. The van der Waals surface area contributed by atoms with Gasteiger partial charge in [0.05, 0.1) is 17.1 Å². The minimum absolute atomic E-state index is 0.0702. The molecule has 0 saturated carbocycles. The third-order valence-electron chi connectivity index (χ3n) is 6.42. The van der Waals surface area contributed by atoms with Crippen LogP contribution in [0.1, 0.15) is 21.5 Å². The Kier molecular flexibility index (Phi) is 6.10. The van der Waals surface area contributed by atoms with E-state index in [1.54, 1.807) is 17.2 Å². The number of hydrogen-bond acceptors (Lipinski definition) is 6. The van der Waals surface area contributed by atoms with Crippen molar-refractivity contribution < 1.29 is 9.00 Å². The Balaban J connectivity index is 1.26. The van der Waals surface area contributed by atoms with E-state index in [9.17, 15) is 14.3 Å². The standard InChI is InChI=1S/C27H25N5O2S/c28-18-20-2-6-25-24(16-20)26(8-10-31-25)30-9-7-19-1-3-22-17-23(5-4-21(22)15-19)27(33)32-11-13-35(29,34)14-12-32/h1-6,8,10,15-17,29H,7,9,11-14H2,(H,30,31). The minimum atomic E-state index is -2.53. The molecule has 8 heteroatoms. The van der Waals surface area contributed by atoms with Gasteiger partial charge in [0.25, 0.3) is 5.91 Å². The molecule has 2 heterocycles. The average Bonchev–Trinajstić information content (AvgIpc) is 2.88. The summed E-state index contributed by atoms with van der Waals surface area (Å²) in [7, 11) is -2.53. The molecular formula is C27H25N5O2S. The van der Waals surface area contributed by atoms with E-state index >= 15 is 0 Å². The zero-order valence-electron chi connectivity index (χ0n) is 19.2. The van der Waals surface area contributed by atoms with Crippen LogP contribution < -0.4 is 5.32 Å². The zero-order chi connectivity index (χ0) is 24.4. The molecule has 35 heavy (non-hydrogen) atoms. The normalized spacial score (nSPS) is 15.1. The number of aromatic nitrogens is 1. The first kappa shape index (κ1) is 22.8. The molecular weight excluding hydrogens is 458 g/mol. The lowest BCUT2D eigenvalue weighted by molar-refractivity contribution is 0.0771. The third-order valence-corrected chi connectivity index (χ3v) is 8.10. The second-order valence-electron chi connectivity index (χ2n) is 8.79. The van der Waals surface area contributed by atoms with E-state index in [0.717, 1.165) is 40.3 Å². The second-order valence-corrected chi connectivity index (χ2v) is 11.2. The number of nitriles is 1. The van der Waals surface area contributed by atoms with Crippen LogP contribution in [-0.2, 0) is 16.1 Å². The Hall–Kier alpha value is -3.96. The number of anilines is 1. The fourth-order valence-electron chi connectivity index (χ4n) is 4.41. The summed E-state index contributed by atoms with van der Waals surface area (Å²) in [5.41, 5.74) is 4.21. The topological polar surface area (TPSA) is 110 Å². The number of carbonyl (C=O) groups excluding carboxylic acids is 1. The van der Waals surface area contributed by atoms with Gasteiger partial charge in [-0.1, -0.05) is 24.3 Å². The maximum Gasteiger partial charge on any atom is 0.253 e. The number of nitrogens with zero attached hydrogens (tertiary/aromatic N) is 3. The highest BCUT2D eigenvalue weighted by Crippen LogP contribution is 2.24. The molecule has 5 rings (SSSR count). The molecule has 7 nitrogen and oxygen atoms in total. The Morgan fingerprint density at radius 1 is 1.06 bits per heavy atom. The van der Waals surface area contributed by atoms with E-state index in [-0.39, 0.29) is 17.4 Å². The molecule has 0 radical (unpaired) electrons. The van der Waals surface area contributed by atoms with Gasteiger partial charge in [-0.3, -0.25) is 14.6 Å². The van der Waals surface area contributed by atoms with Crippen molar-refractivity contribution in [1.82, 2.24) is 9.88 Å². The Morgan fingerprint density at radius 2 is 1.83 bits per heavy atom. The van der Waals surface area contributed by atoms with Crippen molar-refractivity contribution in [3.63, 3.8) is 0 Å². The molecule has 4 aromatic rings. The lowest BCUT2D eigenvalue weighted by atomic mass is 10.0. The molecule has 2 N–H and O–H groups in total. The molecule has 0 atom stereocenters. The summed E-state index contributed by atoms with van der Waals surface area (Å²) in [4.78, 5) is 18.9. The Bertz CT molecular complexity index is 1580. The predicted molar refractivity (Wildman–Crippen MR) is 139 cm³/mol. The molecule has 1 fully saturated rings. The first-order valence-corrected chi connectivity index (χ1v) is 13.4. The van der Waals surface area contributed by atoms with Crippen LogP contribution in [0.25, 0.3) is 21.7 Å². The number of nitrogens with one attached hydrogen (secondary N) is 2. The molecule has 3 aromatic carbocycles. The summed E-state index contributed by atoms with van der Waals surface area (Å²) in [5, 5.41) is 15.7.